The lowest BCUT2D eigenvalue weighted by atomic mass is 10.1. The fraction of sp³-hybridized carbons (Fsp3) is 0.357. The Morgan fingerprint density at radius 1 is 1.22 bits per heavy atom. The number of rotatable bonds is 2. The number of hydrogen-bond acceptors (Lipinski definition) is 3. The minimum Gasteiger partial charge on any atom is -0.370 e. The molecule has 2 aromatic rings. The van der Waals surface area contributed by atoms with Crippen LogP contribution in [-0.4, -0.2) is 37.4 Å². The monoisotopic (exact) mass is 243 g/mol. The zero-order valence-corrected chi connectivity index (χ0v) is 10.3. The van der Waals surface area contributed by atoms with Crippen molar-refractivity contribution in [1.82, 2.24) is 10.3 Å². The normalized spacial score (nSPS) is 16.8. The Morgan fingerprint density at radius 3 is 3.06 bits per heavy atom. The highest BCUT2D eigenvalue weighted by molar-refractivity contribution is 5.98. The van der Waals surface area contributed by atoms with E-state index in [0.717, 1.165) is 55.4 Å². The number of H-pyrrole nitrogens is 1. The smallest absolute Gasteiger partial charge is 0.152 e. The Kier molecular flexibility index (Phi) is 3.02. The van der Waals surface area contributed by atoms with Crippen LogP contribution in [0.15, 0.2) is 24.4 Å². The van der Waals surface area contributed by atoms with Gasteiger partial charge in [0.25, 0.3) is 0 Å². The first kappa shape index (κ1) is 11.3. The average molecular weight is 243 g/mol. The second kappa shape index (κ2) is 4.82. The number of benzene rings is 1. The van der Waals surface area contributed by atoms with Crippen LogP contribution in [-0.2, 0) is 0 Å². The molecule has 1 fully saturated rings. The van der Waals surface area contributed by atoms with Crippen molar-refractivity contribution in [3.63, 3.8) is 0 Å². The molecule has 0 radical (unpaired) electrons. The van der Waals surface area contributed by atoms with Gasteiger partial charge in [-0.05, 0) is 31.2 Å². The molecule has 94 valence electrons. The summed E-state index contributed by atoms with van der Waals surface area (Å²) in [7, 11) is 0. The molecule has 2 N–H and O–H groups in total. The standard InChI is InChI=1S/C14H17N3O/c18-10-11-9-16-14-3-2-12(8-13(11)14)17-6-1-4-15-5-7-17/h2-3,8-10,15-16H,1,4-7H2. The molecule has 1 aromatic carbocycles. The highest BCUT2D eigenvalue weighted by atomic mass is 16.1. The first-order valence-corrected chi connectivity index (χ1v) is 6.40. The molecule has 4 nitrogen and oxygen atoms in total. The summed E-state index contributed by atoms with van der Waals surface area (Å²) < 4.78 is 0. The summed E-state index contributed by atoms with van der Waals surface area (Å²) in [5, 5.41) is 4.41. The molecule has 1 aliphatic heterocycles. The first-order valence-electron chi connectivity index (χ1n) is 6.40. The number of carbonyl (C=O) groups excluding carboxylic acids is 1. The molecule has 18 heavy (non-hydrogen) atoms. The molecule has 1 aromatic heterocycles. The summed E-state index contributed by atoms with van der Waals surface area (Å²) in [6, 6.07) is 6.29. The van der Waals surface area contributed by atoms with E-state index in [0.29, 0.717) is 0 Å². The highest BCUT2D eigenvalue weighted by Crippen LogP contribution is 2.24. The van der Waals surface area contributed by atoms with Crippen molar-refractivity contribution in [3.05, 3.63) is 30.0 Å². The van der Waals surface area contributed by atoms with Crippen LogP contribution in [0.2, 0.25) is 0 Å². The van der Waals surface area contributed by atoms with Crippen molar-refractivity contribution in [2.24, 2.45) is 0 Å². The van der Waals surface area contributed by atoms with Gasteiger partial charge in [-0.1, -0.05) is 0 Å². The maximum Gasteiger partial charge on any atom is 0.152 e. The van der Waals surface area contributed by atoms with E-state index in [1.165, 1.54) is 5.69 Å². The Bertz CT molecular complexity index is 553. The topological polar surface area (TPSA) is 48.1 Å². The number of carbonyl (C=O) groups is 1. The molecule has 0 spiro atoms. The van der Waals surface area contributed by atoms with Gasteiger partial charge in [0, 0.05) is 48.0 Å². The number of fused-ring (bicyclic) bond motifs is 1. The molecule has 0 atom stereocenters. The van der Waals surface area contributed by atoms with Gasteiger partial charge in [0.15, 0.2) is 6.29 Å². The lowest BCUT2D eigenvalue weighted by Crippen LogP contribution is -2.27. The third-order valence-corrected chi connectivity index (χ3v) is 3.53. The minimum atomic E-state index is 0.736. The van der Waals surface area contributed by atoms with Crippen LogP contribution in [0.25, 0.3) is 10.9 Å². The Balaban J connectivity index is 1.98. The number of aromatic nitrogens is 1. The third kappa shape index (κ3) is 1.99. The van der Waals surface area contributed by atoms with Gasteiger partial charge in [-0.3, -0.25) is 4.79 Å². The predicted octanol–water partition coefficient (Wildman–Crippen LogP) is 1.78. The van der Waals surface area contributed by atoms with E-state index < -0.39 is 0 Å². The summed E-state index contributed by atoms with van der Waals surface area (Å²) in [5.74, 6) is 0. The van der Waals surface area contributed by atoms with Gasteiger partial charge in [-0.2, -0.15) is 0 Å². The number of hydrogen-bond donors (Lipinski definition) is 2. The van der Waals surface area contributed by atoms with Gasteiger partial charge in [0.2, 0.25) is 0 Å². The number of nitrogens with one attached hydrogen (secondary N) is 2. The van der Waals surface area contributed by atoms with E-state index in [2.05, 4.69) is 33.4 Å². The second-order valence-corrected chi connectivity index (χ2v) is 4.68. The molecule has 4 heteroatoms. The molecular weight excluding hydrogens is 226 g/mol. The van der Waals surface area contributed by atoms with E-state index >= 15 is 0 Å². The third-order valence-electron chi connectivity index (χ3n) is 3.53. The maximum absolute atomic E-state index is 11.0. The fourth-order valence-electron chi connectivity index (χ4n) is 2.53. The van der Waals surface area contributed by atoms with Crippen LogP contribution < -0.4 is 10.2 Å². The average Bonchev–Trinajstić information content (AvgIpc) is 2.62. The number of aldehydes is 1. The zero-order valence-electron chi connectivity index (χ0n) is 10.3. The van der Waals surface area contributed by atoms with Gasteiger partial charge in [-0.25, -0.2) is 0 Å². The fourth-order valence-corrected chi connectivity index (χ4v) is 2.53. The Hall–Kier alpha value is -1.81. The van der Waals surface area contributed by atoms with E-state index in [4.69, 9.17) is 0 Å². The molecule has 2 heterocycles. The Labute approximate surface area is 106 Å². The largest absolute Gasteiger partial charge is 0.370 e. The van der Waals surface area contributed by atoms with Crippen molar-refractivity contribution < 1.29 is 4.79 Å². The second-order valence-electron chi connectivity index (χ2n) is 4.68. The first-order chi connectivity index (χ1) is 8.88. The molecule has 0 unspecified atom stereocenters. The van der Waals surface area contributed by atoms with Gasteiger partial charge in [-0.15, -0.1) is 0 Å². The summed E-state index contributed by atoms with van der Waals surface area (Å²) >= 11 is 0. The summed E-state index contributed by atoms with van der Waals surface area (Å²) in [6.07, 6.45) is 3.84. The molecule has 0 saturated carbocycles. The summed E-state index contributed by atoms with van der Waals surface area (Å²) in [6.45, 7) is 4.19. The van der Waals surface area contributed by atoms with Crippen molar-refractivity contribution >= 4 is 22.9 Å². The summed E-state index contributed by atoms with van der Waals surface area (Å²) in [4.78, 5) is 16.5. The van der Waals surface area contributed by atoms with Gasteiger partial charge in [0.1, 0.15) is 0 Å². The van der Waals surface area contributed by atoms with Crippen molar-refractivity contribution in [2.45, 2.75) is 6.42 Å². The van der Waals surface area contributed by atoms with E-state index in [-0.39, 0.29) is 0 Å². The van der Waals surface area contributed by atoms with Crippen LogP contribution >= 0.6 is 0 Å². The van der Waals surface area contributed by atoms with Crippen LogP contribution in [0.1, 0.15) is 16.8 Å². The number of anilines is 1. The number of nitrogens with zero attached hydrogens (tertiary/aromatic N) is 1. The Morgan fingerprint density at radius 2 is 2.17 bits per heavy atom. The van der Waals surface area contributed by atoms with Gasteiger partial charge >= 0.3 is 0 Å². The lowest BCUT2D eigenvalue weighted by Gasteiger charge is -2.22. The van der Waals surface area contributed by atoms with E-state index in [1.54, 1.807) is 6.20 Å². The van der Waals surface area contributed by atoms with Crippen LogP contribution in [0, 0.1) is 0 Å². The van der Waals surface area contributed by atoms with Crippen molar-refractivity contribution in [2.75, 3.05) is 31.1 Å². The molecule has 0 amide bonds. The maximum atomic E-state index is 11.0. The van der Waals surface area contributed by atoms with E-state index in [9.17, 15) is 4.79 Å². The van der Waals surface area contributed by atoms with Crippen molar-refractivity contribution in [1.29, 1.82) is 0 Å². The lowest BCUT2D eigenvalue weighted by molar-refractivity contribution is 0.112. The van der Waals surface area contributed by atoms with Gasteiger partial charge < -0.3 is 15.2 Å². The van der Waals surface area contributed by atoms with E-state index in [1.807, 2.05) is 0 Å². The van der Waals surface area contributed by atoms with Crippen molar-refractivity contribution in [3.8, 4) is 0 Å². The zero-order chi connectivity index (χ0) is 12.4. The number of aromatic amines is 1. The van der Waals surface area contributed by atoms with Gasteiger partial charge in [0.05, 0.1) is 0 Å². The molecule has 0 aliphatic carbocycles. The molecule has 1 aliphatic rings. The quantitative estimate of drug-likeness (QED) is 0.790. The molecular formula is C14H17N3O. The van der Waals surface area contributed by atoms with Crippen LogP contribution in [0.5, 0.6) is 0 Å². The summed E-state index contributed by atoms with van der Waals surface area (Å²) in [5.41, 5.74) is 2.96. The predicted molar refractivity (Wildman–Crippen MR) is 73.4 cm³/mol. The molecule has 1 saturated heterocycles. The SMILES string of the molecule is O=Cc1c[nH]c2ccc(N3CCCNCC3)cc12. The highest BCUT2D eigenvalue weighted by Gasteiger charge is 2.11. The minimum absolute atomic E-state index is 0.736. The van der Waals surface area contributed by atoms with Crippen LogP contribution in [0.4, 0.5) is 5.69 Å². The van der Waals surface area contributed by atoms with Crippen LogP contribution in [0.3, 0.4) is 0 Å². The molecule has 3 rings (SSSR count). The molecule has 0 bridgehead atoms.